The minimum absolute atomic E-state index is 0.682. The van der Waals surface area contributed by atoms with Crippen LogP contribution < -0.4 is 19.4 Å². The number of hydrogen-bond acceptors (Lipinski definition) is 4. The standard InChI is InChI=1S/C21H22NO4.BF4/c1-23-19-8-7-15(13-21(19)24-2)20-14-17(22-9-11-25-12-10-22)16-5-3-4-6-18(16)26-20;2-1(3,4)5/h3-8,13-14H,9-12H2,1-2H3;/q+1;-1. The van der Waals surface area contributed by atoms with Gasteiger partial charge in [-0.25, -0.2) is 4.58 Å². The van der Waals surface area contributed by atoms with Crippen molar-refractivity contribution in [3.63, 3.8) is 0 Å². The first-order valence-corrected chi connectivity index (χ1v) is 9.58. The first kappa shape index (κ1) is 22.7. The summed E-state index contributed by atoms with van der Waals surface area (Å²) in [5.41, 5.74) is 1.81. The third kappa shape index (κ3) is 6.01. The minimum Gasteiger partial charge on any atom is -0.493 e. The summed E-state index contributed by atoms with van der Waals surface area (Å²) >= 11 is 0. The van der Waals surface area contributed by atoms with Crippen molar-refractivity contribution >= 4 is 18.2 Å². The van der Waals surface area contributed by atoms with Gasteiger partial charge in [-0.05, 0) is 30.3 Å². The summed E-state index contributed by atoms with van der Waals surface area (Å²) in [5, 5.41) is 2.28. The number of ether oxygens (including phenoxy) is 3. The van der Waals surface area contributed by atoms with Gasteiger partial charge in [-0.2, -0.15) is 0 Å². The van der Waals surface area contributed by atoms with Crippen molar-refractivity contribution in [3.8, 4) is 22.8 Å². The molecule has 2 heterocycles. The first-order valence-electron chi connectivity index (χ1n) is 9.58. The number of nitrogens with zero attached hydrogens (tertiary/aromatic N) is 1. The molecule has 2 aromatic carbocycles. The predicted octanol–water partition coefficient (Wildman–Crippen LogP) is 4.22. The lowest BCUT2D eigenvalue weighted by Crippen LogP contribution is -2.40. The molecule has 10 heteroatoms. The Morgan fingerprint density at radius 3 is 2.16 bits per heavy atom. The summed E-state index contributed by atoms with van der Waals surface area (Å²) in [6.07, 6.45) is 0. The fourth-order valence-electron chi connectivity index (χ4n) is 3.31. The maximum absolute atomic E-state index is 9.75. The summed E-state index contributed by atoms with van der Waals surface area (Å²) in [7, 11) is -2.73. The van der Waals surface area contributed by atoms with E-state index in [9.17, 15) is 17.3 Å². The average molecular weight is 439 g/mol. The van der Waals surface area contributed by atoms with E-state index in [-0.39, 0.29) is 0 Å². The number of halogens is 4. The smallest absolute Gasteiger partial charge is 0.493 e. The fraction of sp³-hybridized carbons (Fsp3) is 0.286. The van der Waals surface area contributed by atoms with Crippen molar-refractivity contribution in [1.29, 1.82) is 0 Å². The van der Waals surface area contributed by atoms with Crippen LogP contribution in [0, 0.1) is 0 Å². The zero-order chi connectivity index (χ0) is 22.4. The zero-order valence-corrected chi connectivity index (χ0v) is 17.1. The fourth-order valence-corrected chi connectivity index (χ4v) is 3.31. The molecule has 1 fully saturated rings. The van der Waals surface area contributed by atoms with Crippen LogP contribution >= 0.6 is 0 Å². The average Bonchev–Trinajstić information content (AvgIpc) is 2.77. The number of hydrogen-bond donors (Lipinski definition) is 0. The van der Waals surface area contributed by atoms with Gasteiger partial charge >= 0.3 is 7.25 Å². The van der Waals surface area contributed by atoms with Crippen molar-refractivity contribution in [3.05, 3.63) is 53.9 Å². The van der Waals surface area contributed by atoms with Crippen molar-refractivity contribution in [2.75, 3.05) is 40.5 Å². The van der Waals surface area contributed by atoms with Crippen LogP contribution in [0.2, 0.25) is 0 Å². The van der Waals surface area contributed by atoms with E-state index in [4.69, 9.17) is 18.6 Å². The van der Waals surface area contributed by atoms with E-state index in [0.29, 0.717) is 11.5 Å². The molecule has 0 N–H and O–H groups in total. The molecule has 1 aliphatic rings. The van der Waals surface area contributed by atoms with E-state index < -0.39 is 7.25 Å². The molecule has 166 valence electrons. The Hall–Kier alpha value is -3.01. The Morgan fingerprint density at radius 2 is 1.52 bits per heavy atom. The maximum Gasteiger partial charge on any atom is 0.673 e. The number of methoxy groups -OCH3 is 2. The number of rotatable bonds is 3. The Balaban J connectivity index is 0.000000491. The highest BCUT2D eigenvalue weighted by Gasteiger charge is 2.20. The molecule has 3 aromatic rings. The molecule has 5 nitrogen and oxygen atoms in total. The molecule has 0 bridgehead atoms. The molecule has 1 aromatic heterocycles. The molecular formula is C21H22BF4NO4. The summed E-state index contributed by atoms with van der Waals surface area (Å²) in [5.74, 6) is 2.18. The highest BCUT2D eigenvalue weighted by atomic mass is 19.5. The quantitative estimate of drug-likeness (QED) is 0.348. The van der Waals surface area contributed by atoms with Crippen LogP contribution in [0.15, 0.2) is 52.9 Å². The van der Waals surface area contributed by atoms with Gasteiger partial charge < -0.3 is 35.9 Å². The largest absolute Gasteiger partial charge is 0.673 e. The highest BCUT2D eigenvalue weighted by molar-refractivity contribution is 6.50. The Kier molecular flexibility index (Phi) is 7.22. The summed E-state index contributed by atoms with van der Waals surface area (Å²) < 4.78 is 63.8. The molecule has 1 saturated heterocycles. The van der Waals surface area contributed by atoms with Gasteiger partial charge in [0.05, 0.1) is 25.7 Å². The van der Waals surface area contributed by atoms with Gasteiger partial charge in [0.2, 0.25) is 5.36 Å². The molecule has 0 amide bonds. The first-order chi connectivity index (χ1) is 14.8. The summed E-state index contributed by atoms with van der Waals surface area (Å²) in [6.45, 7) is 3.23. The lowest BCUT2D eigenvalue weighted by Gasteiger charge is -2.12. The molecule has 0 aliphatic carbocycles. The van der Waals surface area contributed by atoms with Crippen molar-refractivity contribution in [2.45, 2.75) is 0 Å². The second-order valence-corrected chi connectivity index (χ2v) is 6.66. The topological polar surface area (TPSA) is 43.8 Å². The summed E-state index contributed by atoms with van der Waals surface area (Å²) in [4.78, 5) is 0. The van der Waals surface area contributed by atoms with Crippen LogP contribution in [0.4, 0.5) is 17.3 Å². The van der Waals surface area contributed by atoms with E-state index in [0.717, 1.165) is 48.6 Å². The lowest BCUT2D eigenvalue weighted by atomic mass is 10.1. The molecule has 0 radical (unpaired) electrons. The van der Waals surface area contributed by atoms with Crippen LogP contribution in [0.25, 0.3) is 22.3 Å². The molecule has 0 spiro atoms. The molecule has 0 saturated carbocycles. The van der Waals surface area contributed by atoms with Crippen molar-refractivity contribution < 1.29 is 35.9 Å². The molecule has 4 rings (SSSR count). The van der Waals surface area contributed by atoms with Gasteiger partial charge in [-0.3, -0.25) is 0 Å². The van der Waals surface area contributed by atoms with Crippen LogP contribution in [0.5, 0.6) is 11.5 Å². The second kappa shape index (κ2) is 9.87. The van der Waals surface area contributed by atoms with Gasteiger partial charge in [-0.1, -0.05) is 12.1 Å². The molecule has 31 heavy (non-hydrogen) atoms. The van der Waals surface area contributed by atoms with Crippen LogP contribution in [0.3, 0.4) is 0 Å². The predicted molar refractivity (Wildman–Crippen MR) is 111 cm³/mol. The van der Waals surface area contributed by atoms with E-state index in [2.05, 4.69) is 16.7 Å². The Bertz CT molecular complexity index is 1100. The zero-order valence-electron chi connectivity index (χ0n) is 17.1. The van der Waals surface area contributed by atoms with E-state index in [1.54, 1.807) is 14.2 Å². The summed E-state index contributed by atoms with van der Waals surface area (Å²) in [6, 6.07) is 16.1. The minimum atomic E-state index is -6.00. The molecule has 1 aliphatic heterocycles. The third-order valence-corrected chi connectivity index (χ3v) is 4.67. The second-order valence-electron chi connectivity index (χ2n) is 6.66. The van der Waals surface area contributed by atoms with E-state index in [1.807, 2.05) is 36.4 Å². The molecule has 0 unspecified atom stereocenters. The number of fused-ring (bicyclic) bond motifs is 1. The van der Waals surface area contributed by atoms with E-state index in [1.165, 1.54) is 5.36 Å². The lowest BCUT2D eigenvalue weighted by molar-refractivity contribution is 0.0967. The third-order valence-electron chi connectivity index (χ3n) is 4.67. The van der Waals surface area contributed by atoms with Gasteiger partial charge in [-0.15, -0.1) is 0 Å². The van der Waals surface area contributed by atoms with Crippen molar-refractivity contribution in [2.24, 2.45) is 0 Å². The number of benzene rings is 2. The Morgan fingerprint density at radius 1 is 0.871 bits per heavy atom. The number of morpholine rings is 1. The van der Waals surface area contributed by atoms with Gasteiger partial charge in [0.15, 0.2) is 24.6 Å². The van der Waals surface area contributed by atoms with Gasteiger partial charge in [0.1, 0.15) is 24.6 Å². The van der Waals surface area contributed by atoms with Gasteiger partial charge in [0.25, 0.3) is 0 Å². The Labute approximate surface area is 176 Å². The highest BCUT2D eigenvalue weighted by Crippen LogP contribution is 2.32. The molecule has 0 atom stereocenters. The maximum atomic E-state index is 9.75. The van der Waals surface area contributed by atoms with Crippen LogP contribution in [-0.4, -0.2) is 47.8 Å². The normalized spacial score (nSPS) is 14.1. The number of para-hydroxylation sites is 1. The van der Waals surface area contributed by atoms with Crippen LogP contribution in [-0.2, 0) is 4.74 Å². The van der Waals surface area contributed by atoms with Crippen molar-refractivity contribution in [1.82, 2.24) is 4.58 Å². The molecular weight excluding hydrogens is 417 g/mol. The SMILES string of the molecule is COc1ccc(-c2cc(=[N+]3CCOCC3)c3ccccc3o2)cc1OC.F[B-](F)(F)F. The van der Waals surface area contributed by atoms with Gasteiger partial charge in [0, 0.05) is 5.56 Å². The van der Waals surface area contributed by atoms with E-state index >= 15 is 0 Å². The monoisotopic (exact) mass is 439 g/mol. The van der Waals surface area contributed by atoms with Crippen LogP contribution in [0.1, 0.15) is 0 Å².